The second-order valence-corrected chi connectivity index (χ2v) is 6.54. The number of aromatic amines is 1. The van der Waals surface area contributed by atoms with E-state index in [-0.39, 0.29) is 11.6 Å². The van der Waals surface area contributed by atoms with Gasteiger partial charge in [0.25, 0.3) is 0 Å². The number of carbonyl (C=O) groups is 1. The fraction of sp³-hybridized carbons (Fsp3) is 0.0500. The van der Waals surface area contributed by atoms with Crippen molar-refractivity contribution in [3.63, 3.8) is 0 Å². The number of imidazole rings is 1. The van der Waals surface area contributed by atoms with E-state index in [1.54, 1.807) is 29.2 Å². The van der Waals surface area contributed by atoms with Crippen molar-refractivity contribution in [1.29, 1.82) is 0 Å². The lowest BCUT2D eigenvalue weighted by molar-refractivity contribution is 0.0989. The van der Waals surface area contributed by atoms with Gasteiger partial charge in [0.05, 0.1) is 17.4 Å². The molecule has 0 saturated carbocycles. The Bertz CT molecular complexity index is 1020. The summed E-state index contributed by atoms with van der Waals surface area (Å²) in [5, 5.41) is 1.76. The number of benzene rings is 2. The molecule has 6 heteroatoms. The highest BCUT2D eigenvalue weighted by atomic mass is 32.1. The molecular weight excluding hydrogens is 349 g/mol. The number of aromatic nitrogens is 3. The molecule has 2 heterocycles. The van der Waals surface area contributed by atoms with Crippen LogP contribution in [0.5, 0.6) is 0 Å². The Hall–Kier alpha value is -3.12. The number of Topliss-reactive ketones (excluding diaryl/α,β-unsaturated/α-hetero) is 1. The average Bonchev–Trinajstić information content (AvgIpc) is 3.35. The topological polar surface area (TPSA) is 58.6 Å². The van der Waals surface area contributed by atoms with Gasteiger partial charge in [-0.05, 0) is 35.4 Å². The molecule has 0 aliphatic heterocycles. The summed E-state index contributed by atoms with van der Waals surface area (Å²) < 4.78 is 13.0. The van der Waals surface area contributed by atoms with Crippen molar-refractivity contribution in [3.05, 3.63) is 82.7 Å². The van der Waals surface area contributed by atoms with Gasteiger partial charge in [-0.25, -0.2) is 14.4 Å². The van der Waals surface area contributed by atoms with Crippen LogP contribution in [0.3, 0.4) is 0 Å². The lowest BCUT2D eigenvalue weighted by Crippen LogP contribution is -2.03. The third-order valence-corrected chi connectivity index (χ3v) is 4.63. The summed E-state index contributed by atoms with van der Waals surface area (Å²) in [6.07, 6.45) is 2.07. The van der Waals surface area contributed by atoms with E-state index in [2.05, 4.69) is 15.0 Å². The zero-order chi connectivity index (χ0) is 17.9. The van der Waals surface area contributed by atoms with Crippen molar-refractivity contribution in [2.24, 2.45) is 0 Å². The van der Waals surface area contributed by atoms with Gasteiger partial charge in [-0.2, -0.15) is 0 Å². The minimum atomic E-state index is -0.275. The Kier molecular flexibility index (Phi) is 4.41. The number of halogens is 1. The van der Waals surface area contributed by atoms with Gasteiger partial charge < -0.3 is 4.98 Å². The first-order chi connectivity index (χ1) is 12.7. The smallest absolute Gasteiger partial charge is 0.186 e. The largest absolute Gasteiger partial charge is 0.338 e. The summed E-state index contributed by atoms with van der Waals surface area (Å²) in [6, 6.07) is 13.9. The molecule has 4 aromatic rings. The summed E-state index contributed by atoms with van der Waals surface area (Å²) in [4.78, 5) is 23.8. The highest BCUT2D eigenvalue weighted by Crippen LogP contribution is 2.23. The van der Waals surface area contributed by atoms with E-state index in [1.807, 2.05) is 24.3 Å². The SMILES string of the molecule is O=C(Cc1ccc(-c2cnc(-c3ccc(F)cc3)[nH]2)cc1)c1cscn1. The van der Waals surface area contributed by atoms with E-state index in [0.717, 1.165) is 22.4 Å². The molecule has 2 aromatic carbocycles. The standard InChI is InChI=1S/C20H14FN3OS/c21-16-7-5-15(6-8-16)20-22-10-17(24-20)14-3-1-13(2-4-14)9-19(25)18-11-26-12-23-18/h1-8,10-12H,9H2,(H,22,24). The Balaban J connectivity index is 1.50. The molecule has 2 aromatic heterocycles. The maximum atomic E-state index is 13.0. The predicted octanol–water partition coefficient (Wildman–Crippen LogP) is 4.76. The van der Waals surface area contributed by atoms with Crippen LogP contribution in [0.25, 0.3) is 22.6 Å². The second-order valence-electron chi connectivity index (χ2n) is 5.82. The van der Waals surface area contributed by atoms with E-state index in [0.29, 0.717) is 17.9 Å². The van der Waals surface area contributed by atoms with Gasteiger partial charge in [-0.15, -0.1) is 11.3 Å². The maximum Gasteiger partial charge on any atom is 0.186 e. The summed E-state index contributed by atoms with van der Waals surface area (Å²) in [6.45, 7) is 0. The van der Waals surface area contributed by atoms with Crippen molar-refractivity contribution in [1.82, 2.24) is 15.0 Å². The van der Waals surface area contributed by atoms with Gasteiger partial charge in [0.2, 0.25) is 0 Å². The molecule has 0 bridgehead atoms. The lowest BCUT2D eigenvalue weighted by Gasteiger charge is -2.02. The van der Waals surface area contributed by atoms with Crippen molar-refractivity contribution in [2.45, 2.75) is 6.42 Å². The Morgan fingerprint density at radius 2 is 1.73 bits per heavy atom. The second kappa shape index (κ2) is 7.01. The summed E-state index contributed by atoms with van der Waals surface area (Å²) in [5.41, 5.74) is 5.76. The zero-order valence-corrected chi connectivity index (χ0v) is 14.5. The first-order valence-corrected chi connectivity index (χ1v) is 8.95. The van der Waals surface area contributed by atoms with E-state index in [9.17, 15) is 9.18 Å². The van der Waals surface area contributed by atoms with Crippen LogP contribution in [0.1, 0.15) is 16.1 Å². The van der Waals surface area contributed by atoms with E-state index in [1.165, 1.54) is 23.5 Å². The molecule has 26 heavy (non-hydrogen) atoms. The molecule has 0 aliphatic carbocycles. The number of nitrogens with one attached hydrogen (secondary N) is 1. The molecule has 0 atom stereocenters. The highest BCUT2D eigenvalue weighted by molar-refractivity contribution is 7.07. The molecule has 128 valence electrons. The van der Waals surface area contributed by atoms with Gasteiger partial charge in [0.15, 0.2) is 5.78 Å². The van der Waals surface area contributed by atoms with Gasteiger partial charge in [-0.1, -0.05) is 24.3 Å². The Labute approximate surface area is 153 Å². The molecule has 0 fully saturated rings. The fourth-order valence-electron chi connectivity index (χ4n) is 2.65. The molecule has 0 radical (unpaired) electrons. The number of H-pyrrole nitrogens is 1. The van der Waals surface area contributed by atoms with Crippen molar-refractivity contribution in [2.75, 3.05) is 0 Å². The number of hydrogen-bond donors (Lipinski definition) is 1. The fourth-order valence-corrected chi connectivity index (χ4v) is 3.21. The minimum absolute atomic E-state index is 0.0131. The summed E-state index contributed by atoms with van der Waals surface area (Å²) in [5.74, 6) is 0.422. The number of nitrogens with zero attached hydrogens (tertiary/aromatic N) is 2. The third kappa shape index (κ3) is 3.45. The number of hydrogen-bond acceptors (Lipinski definition) is 4. The first kappa shape index (κ1) is 16.4. The molecule has 1 N–H and O–H groups in total. The number of rotatable bonds is 5. The predicted molar refractivity (Wildman–Crippen MR) is 99.6 cm³/mol. The van der Waals surface area contributed by atoms with Crippen LogP contribution in [0.15, 0.2) is 65.6 Å². The quantitative estimate of drug-likeness (QED) is 0.520. The van der Waals surface area contributed by atoms with E-state index in [4.69, 9.17) is 0 Å². The summed E-state index contributed by atoms with van der Waals surface area (Å²) >= 11 is 1.42. The van der Waals surface area contributed by atoms with Crippen molar-refractivity contribution < 1.29 is 9.18 Å². The Morgan fingerprint density at radius 3 is 2.42 bits per heavy atom. The summed E-state index contributed by atoms with van der Waals surface area (Å²) in [7, 11) is 0. The molecule has 0 aliphatic rings. The molecular formula is C20H14FN3OS. The third-order valence-electron chi connectivity index (χ3n) is 4.04. The zero-order valence-electron chi connectivity index (χ0n) is 13.6. The van der Waals surface area contributed by atoms with Crippen molar-refractivity contribution in [3.8, 4) is 22.6 Å². The highest BCUT2D eigenvalue weighted by Gasteiger charge is 2.10. The molecule has 0 unspecified atom stereocenters. The van der Waals surface area contributed by atoms with Crippen LogP contribution in [0.4, 0.5) is 4.39 Å². The van der Waals surface area contributed by atoms with Gasteiger partial charge in [-0.3, -0.25) is 4.79 Å². The monoisotopic (exact) mass is 363 g/mol. The van der Waals surface area contributed by atoms with Crippen LogP contribution in [0, 0.1) is 5.82 Å². The van der Waals surface area contributed by atoms with Crippen LogP contribution in [-0.2, 0) is 6.42 Å². The molecule has 4 nitrogen and oxygen atoms in total. The maximum absolute atomic E-state index is 13.0. The molecule has 0 saturated heterocycles. The number of ketones is 1. The molecule has 0 spiro atoms. The van der Waals surface area contributed by atoms with Crippen LogP contribution >= 0.6 is 11.3 Å². The molecule has 4 rings (SSSR count). The van der Waals surface area contributed by atoms with Gasteiger partial charge in [0.1, 0.15) is 17.3 Å². The first-order valence-electron chi connectivity index (χ1n) is 8.01. The van der Waals surface area contributed by atoms with Crippen LogP contribution in [0.2, 0.25) is 0 Å². The van der Waals surface area contributed by atoms with Crippen LogP contribution in [-0.4, -0.2) is 20.7 Å². The van der Waals surface area contributed by atoms with Gasteiger partial charge >= 0.3 is 0 Å². The van der Waals surface area contributed by atoms with E-state index < -0.39 is 0 Å². The molecule has 0 amide bonds. The lowest BCUT2D eigenvalue weighted by atomic mass is 10.0. The normalized spacial score (nSPS) is 10.8. The van der Waals surface area contributed by atoms with Gasteiger partial charge in [0, 0.05) is 17.4 Å². The van der Waals surface area contributed by atoms with Crippen molar-refractivity contribution >= 4 is 17.1 Å². The number of carbonyl (C=O) groups excluding carboxylic acids is 1. The van der Waals surface area contributed by atoms with Crippen LogP contribution < -0.4 is 0 Å². The van der Waals surface area contributed by atoms with E-state index >= 15 is 0 Å². The minimum Gasteiger partial charge on any atom is -0.338 e. The average molecular weight is 363 g/mol. The Morgan fingerprint density at radius 1 is 1.00 bits per heavy atom. The number of thiazole rings is 1.